The van der Waals surface area contributed by atoms with Crippen LogP contribution in [0.3, 0.4) is 0 Å². The summed E-state index contributed by atoms with van der Waals surface area (Å²) >= 11 is 6.40. The van der Waals surface area contributed by atoms with Gasteiger partial charge in [0.05, 0.1) is 88.1 Å². The Morgan fingerprint density at radius 3 is 2.55 bits per heavy atom. The van der Waals surface area contributed by atoms with Gasteiger partial charge < -0.3 is 48.2 Å². The van der Waals surface area contributed by atoms with E-state index in [9.17, 15) is 4.79 Å². The molecule has 4 rings (SSSR count). The van der Waals surface area contributed by atoms with Crippen molar-refractivity contribution in [3.8, 4) is 12.3 Å². The summed E-state index contributed by atoms with van der Waals surface area (Å²) in [5.41, 5.74) is 1.50. The fourth-order valence-corrected chi connectivity index (χ4v) is 6.03. The van der Waals surface area contributed by atoms with E-state index in [2.05, 4.69) is 26.2 Å². The highest BCUT2D eigenvalue weighted by Gasteiger charge is 2.35. The van der Waals surface area contributed by atoms with E-state index in [0.717, 1.165) is 23.9 Å². The average Bonchev–Trinajstić information content (AvgIpc) is 3.61. The van der Waals surface area contributed by atoms with Gasteiger partial charge in [-0.2, -0.15) is 5.10 Å². The number of hydrogen-bond donors (Lipinski definition) is 3. The van der Waals surface area contributed by atoms with E-state index < -0.39 is 8.38 Å². The Kier molecular flexibility index (Phi) is 15.2. The Bertz CT molecular complexity index is 1210. The number of rotatable bonds is 21. The Labute approximate surface area is 264 Å². The smallest absolute Gasteiger partial charge is 0.226 e. The maximum atomic E-state index is 12.6. The number of carbonyl (C=O) groups excluding carboxylic acids is 1. The van der Waals surface area contributed by atoms with Crippen molar-refractivity contribution in [3.63, 3.8) is 0 Å². The molecule has 14 nitrogen and oxygen atoms in total. The van der Waals surface area contributed by atoms with Crippen molar-refractivity contribution in [2.75, 3.05) is 89.9 Å². The van der Waals surface area contributed by atoms with E-state index in [1.807, 2.05) is 0 Å². The number of anilines is 1. The molecule has 2 aromatic heterocycles. The maximum Gasteiger partial charge on any atom is 0.226 e. The molecule has 2 aliphatic rings. The number of pyridine rings is 1. The van der Waals surface area contributed by atoms with E-state index in [1.165, 1.54) is 0 Å². The van der Waals surface area contributed by atoms with Crippen molar-refractivity contribution in [1.29, 1.82) is 0 Å². The number of halogens is 1. The van der Waals surface area contributed by atoms with E-state index in [0.29, 0.717) is 83.3 Å². The maximum absolute atomic E-state index is 12.6. The summed E-state index contributed by atoms with van der Waals surface area (Å²) in [4.78, 5) is 37.3. The number of aromatic nitrogens is 3. The molecule has 0 saturated carbocycles. The Balaban J connectivity index is 1.11. The van der Waals surface area contributed by atoms with Crippen LogP contribution in [0.15, 0.2) is 12.3 Å². The predicted octanol–water partition coefficient (Wildman–Crippen LogP) is 1.88. The Hall–Kier alpha value is -1.72. The van der Waals surface area contributed by atoms with Crippen molar-refractivity contribution in [2.45, 2.75) is 25.2 Å². The number of ether oxygens (including phenoxy) is 5. The largest absolute Gasteiger partial charge is 0.377 e. The van der Waals surface area contributed by atoms with Crippen molar-refractivity contribution < 1.29 is 42.8 Å². The number of nitrogens with zero attached hydrogens (tertiary/aromatic N) is 4. The lowest BCUT2D eigenvalue weighted by Crippen LogP contribution is -2.54. The molecule has 2 fully saturated rings. The first kappa shape index (κ1) is 35.1. The van der Waals surface area contributed by atoms with Crippen molar-refractivity contribution >= 4 is 51.4 Å². The number of fused-ring (bicyclic) bond motifs is 1. The van der Waals surface area contributed by atoms with Crippen molar-refractivity contribution in [2.24, 2.45) is 5.92 Å². The number of amides is 1. The fourth-order valence-electron chi connectivity index (χ4n) is 4.71. The topological polar surface area (TPSA) is 159 Å². The first-order chi connectivity index (χ1) is 21.5. The van der Waals surface area contributed by atoms with Gasteiger partial charge in [-0.15, -0.1) is 6.42 Å². The third-order valence-electron chi connectivity index (χ3n) is 6.89. The first-order valence-electron chi connectivity index (χ1n) is 14.4. The van der Waals surface area contributed by atoms with Gasteiger partial charge >= 0.3 is 0 Å². The molecular formula is C27H40ClN5O9P2. The highest BCUT2D eigenvalue weighted by molar-refractivity contribution is 7.58. The Morgan fingerprint density at radius 1 is 1.14 bits per heavy atom. The molecule has 2 saturated heterocycles. The normalized spacial score (nSPS) is 18.9. The van der Waals surface area contributed by atoms with Crippen LogP contribution < -0.4 is 10.2 Å². The average molecular weight is 676 g/mol. The summed E-state index contributed by atoms with van der Waals surface area (Å²) in [6.45, 7) is 5.36. The van der Waals surface area contributed by atoms with Crippen LogP contribution >= 0.6 is 28.8 Å². The lowest BCUT2D eigenvalue weighted by Gasteiger charge is -2.40. The third-order valence-corrected chi connectivity index (χ3v) is 9.10. The molecule has 2 aromatic rings. The van der Waals surface area contributed by atoms with Crippen LogP contribution in [0.2, 0.25) is 5.15 Å². The van der Waals surface area contributed by atoms with Crippen molar-refractivity contribution in [3.05, 3.63) is 17.4 Å². The second kappa shape index (κ2) is 19.1. The summed E-state index contributed by atoms with van der Waals surface area (Å²) in [6, 6.07) is 1.80. The van der Waals surface area contributed by atoms with E-state index in [4.69, 9.17) is 56.0 Å². The van der Waals surface area contributed by atoms with E-state index in [1.54, 1.807) is 16.9 Å². The molecule has 2 aliphatic heterocycles. The van der Waals surface area contributed by atoms with Crippen LogP contribution in [-0.4, -0.2) is 122 Å². The van der Waals surface area contributed by atoms with Gasteiger partial charge in [-0.1, -0.05) is 17.5 Å². The zero-order valence-electron chi connectivity index (χ0n) is 24.4. The summed E-state index contributed by atoms with van der Waals surface area (Å²) in [6.07, 6.45) is 7.97. The zero-order chi connectivity index (χ0) is 31.1. The van der Waals surface area contributed by atoms with Crippen LogP contribution in [0.4, 0.5) is 5.69 Å². The zero-order valence-corrected chi connectivity index (χ0v) is 27.1. The highest BCUT2D eigenvalue weighted by Crippen LogP contribution is 2.38. The number of nitrogens with one attached hydrogen (secondary N) is 1. The van der Waals surface area contributed by atoms with Gasteiger partial charge in [0, 0.05) is 28.4 Å². The summed E-state index contributed by atoms with van der Waals surface area (Å²) in [7, 11) is -1.91. The Morgan fingerprint density at radius 2 is 1.84 bits per heavy atom. The molecular weight excluding hydrogens is 636 g/mol. The fraction of sp³-hybridized carbons (Fsp3) is 0.667. The third kappa shape index (κ3) is 11.0. The second-order valence-corrected chi connectivity index (χ2v) is 13.0. The molecule has 0 aliphatic carbocycles. The van der Waals surface area contributed by atoms with Gasteiger partial charge in [-0.25, -0.2) is 9.67 Å². The van der Waals surface area contributed by atoms with Crippen LogP contribution in [0.1, 0.15) is 19.1 Å². The van der Waals surface area contributed by atoms with E-state index in [-0.39, 0.29) is 45.5 Å². The molecule has 3 atom stereocenters. The van der Waals surface area contributed by atoms with Crippen LogP contribution in [0, 0.1) is 18.3 Å². The molecule has 3 N–H and O–H groups in total. The number of terminal acetylenes is 1. The van der Waals surface area contributed by atoms with Gasteiger partial charge in [0.2, 0.25) is 5.91 Å². The van der Waals surface area contributed by atoms with Gasteiger partial charge in [-0.3, -0.25) is 4.79 Å². The molecule has 0 bridgehead atoms. The molecule has 17 heteroatoms. The molecule has 3 unspecified atom stereocenters. The van der Waals surface area contributed by atoms with Crippen LogP contribution in [-0.2, 0) is 33.0 Å². The van der Waals surface area contributed by atoms with Gasteiger partial charge in [0.15, 0.2) is 20.3 Å². The highest BCUT2D eigenvalue weighted by atomic mass is 35.5. The van der Waals surface area contributed by atoms with Crippen LogP contribution in [0.25, 0.3) is 11.0 Å². The summed E-state index contributed by atoms with van der Waals surface area (Å²) in [5.74, 6) is 2.48. The van der Waals surface area contributed by atoms with Crippen LogP contribution in [0.5, 0.6) is 0 Å². The molecule has 0 spiro atoms. The second-order valence-electron chi connectivity index (χ2n) is 10.1. The minimum absolute atomic E-state index is 0.0145. The lowest BCUT2D eigenvalue weighted by molar-refractivity contribution is -0.126. The standard InChI is InChI=1S/C27H40ClN5O9P2/c1-2-6-37-8-10-39-12-13-40-11-9-38-7-5-29-27(34)20-16-32(17-20)23-14-24(28)31-26-22(23)15-30-33(26)25-4-3-21(42-25)18-41-43-19-44(35)36/h1,14-15,20-21,25,35-36,43H,3-13,16-19H2,(H,29,34). The molecule has 4 heterocycles. The predicted molar refractivity (Wildman–Crippen MR) is 167 cm³/mol. The molecule has 44 heavy (non-hydrogen) atoms. The van der Waals surface area contributed by atoms with Gasteiger partial charge in [0.25, 0.3) is 0 Å². The number of hydrogen-bond acceptors (Lipinski definition) is 12. The SMILES string of the molecule is C#CCOCCOCCOCCOCCNC(=O)C1CN(c2cc(Cl)nc3c2cnn3C2CCC(COPCP(O)O)O2)C1. The van der Waals surface area contributed by atoms with Crippen molar-refractivity contribution in [1.82, 2.24) is 20.1 Å². The minimum atomic E-state index is -1.94. The monoisotopic (exact) mass is 675 g/mol. The summed E-state index contributed by atoms with van der Waals surface area (Å²) in [5, 5.41) is 8.67. The lowest BCUT2D eigenvalue weighted by atomic mass is 9.98. The van der Waals surface area contributed by atoms with E-state index >= 15 is 0 Å². The first-order valence-corrected chi connectivity index (χ1v) is 17.3. The minimum Gasteiger partial charge on any atom is -0.377 e. The summed E-state index contributed by atoms with van der Waals surface area (Å²) < 4.78 is 34.9. The molecule has 244 valence electrons. The molecule has 0 aromatic carbocycles. The molecule has 1 amide bonds. The quantitative estimate of drug-likeness (QED) is 0.0765. The van der Waals surface area contributed by atoms with Gasteiger partial charge in [0.1, 0.15) is 11.8 Å². The van der Waals surface area contributed by atoms with Gasteiger partial charge in [-0.05, 0) is 18.9 Å². The molecule has 0 radical (unpaired) electrons. The number of carbonyl (C=O) groups is 1.